The molecule has 0 heterocycles. The van der Waals surface area contributed by atoms with Crippen LogP contribution in [0.25, 0.3) is 0 Å². The van der Waals surface area contributed by atoms with E-state index in [1.54, 1.807) is 24.3 Å². The lowest BCUT2D eigenvalue weighted by Gasteiger charge is -2.21. The zero-order valence-electron chi connectivity index (χ0n) is 20.3. The van der Waals surface area contributed by atoms with Gasteiger partial charge in [-0.25, -0.2) is 13.8 Å². The van der Waals surface area contributed by atoms with Crippen molar-refractivity contribution in [3.63, 3.8) is 0 Å². The summed E-state index contributed by atoms with van der Waals surface area (Å²) >= 11 is 5.85. The second-order valence-electron chi connectivity index (χ2n) is 8.10. The van der Waals surface area contributed by atoms with Gasteiger partial charge in [-0.15, -0.1) is 0 Å². The molecular weight excluding hydrogens is 516 g/mol. The van der Waals surface area contributed by atoms with E-state index in [1.165, 1.54) is 30.5 Å². The number of hydrazone groups is 1. The smallest absolute Gasteiger partial charge is 0.260 e. The van der Waals surface area contributed by atoms with E-state index in [4.69, 9.17) is 16.3 Å². The number of hydrogen-bond donors (Lipinski definition) is 2. The van der Waals surface area contributed by atoms with Gasteiger partial charge in [0.05, 0.1) is 24.2 Å². The largest absolute Gasteiger partial charge is 0.484 e. The summed E-state index contributed by atoms with van der Waals surface area (Å²) in [4.78, 5) is 24.5. The minimum atomic E-state index is -3.71. The number of carbonyl (C=O) groups is 2. The summed E-state index contributed by atoms with van der Waals surface area (Å²) in [7, 11) is -3.71. The molecule has 0 spiro atoms. The van der Waals surface area contributed by atoms with Crippen LogP contribution in [-0.4, -0.2) is 45.9 Å². The molecule has 0 radical (unpaired) electrons. The lowest BCUT2D eigenvalue weighted by molar-refractivity contribution is -0.123. The van der Waals surface area contributed by atoms with E-state index in [2.05, 4.69) is 15.8 Å². The van der Waals surface area contributed by atoms with Crippen molar-refractivity contribution >= 4 is 45.3 Å². The van der Waals surface area contributed by atoms with E-state index >= 15 is 0 Å². The highest BCUT2D eigenvalue weighted by atomic mass is 35.5. The molecule has 0 aliphatic rings. The molecule has 37 heavy (non-hydrogen) atoms. The molecule has 3 rings (SSSR count). The molecule has 11 heteroatoms. The number of benzene rings is 3. The average Bonchev–Trinajstić information content (AvgIpc) is 2.87. The minimum absolute atomic E-state index is 0.134. The molecule has 2 amide bonds. The molecular formula is C26H27ClN4O5S. The molecule has 0 aliphatic heterocycles. The maximum Gasteiger partial charge on any atom is 0.260 e. The van der Waals surface area contributed by atoms with Crippen LogP contribution in [-0.2, 0) is 19.6 Å². The zero-order valence-corrected chi connectivity index (χ0v) is 21.9. The fourth-order valence-electron chi connectivity index (χ4n) is 3.26. The number of nitrogens with zero attached hydrogens (tertiary/aromatic N) is 2. The minimum Gasteiger partial charge on any atom is -0.484 e. The number of carbonyl (C=O) groups excluding carboxylic acids is 2. The van der Waals surface area contributed by atoms with Gasteiger partial charge >= 0.3 is 0 Å². The van der Waals surface area contributed by atoms with Crippen LogP contribution in [0.3, 0.4) is 0 Å². The fourth-order valence-corrected chi connectivity index (χ4v) is 4.24. The molecule has 0 saturated carbocycles. The Bertz CT molecular complexity index is 1330. The summed E-state index contributed by atoms with van der Waals surface area (Å²) in [6.45, 7) is 1.32. The maximum absolute atomic E-state index is 12.3. The van der Waals surface area contributed by atoms with Crippen molar-refractivity contribution in [3.8, 4) is 5.75 Å². The molecule has 9 nitrogen and oxygen atoms in total. The summed E-state index contributed by atoms with van der Waals surface area (Å²) in [5, 5.41) is 7.20. The standard InChI is InChI=1S/C26H27ClN4O5S/c1-19(21-6-4-3-5-7-21)29-26(33)18-36-24-14-8-20(9-15-24)16-28-30-25(32)17-31(37(2,34)35)23-12-10-22(27)11-13-23/h3-16,19H,17-18H2,1-2H3,(H,29,33)(H,30,32)/b28-16-/t19-/m0/s1. The third-order valence-electron chi connectivity index (χ3n) is 5.13. The first kappa shape index (κ1) is 27.7. The Labute approximate surface area is 221 Å². The summed E-state index contributed by atoms with van der Waals surface area (Å²) in [6, 6.07) is 22.3. The van der Waals surface area contributed by atoms with E-state index in [0.717, 1.165) is 16.1 Å². The molecule has 3 aromatic carbocycles. The maximum atomic E-state index is 12.3. The Balaban J connectivity index is 1.47. The first-order chi connectivity index (χ1) is 17.6. The fraction of sp³-hybridized carbons (Fsp3) is 0.192. The van der Waals surface area contributed by atoms with Gasteiger partial charge in [0.1, 0.15) is 12.3 Å². The topological polar surface area (TPSA) is 117 Å². The normalized spacial score (nSPS) is 12.1. The van der Waals surface area contributed by atoms with E-state index in [1.807, 2.05) is 37.3 Å². The van der Waals surface area contributed by atoms with Crippen LogP contribution in [0.4, 0.5) is 5.69 Å². The number of hydrogen-bond acceptors (Lipinski definition) is 6. The average molecular weight is 543 g/mol. The Morgan fingerprint density at radius 1 is 1.00 bits per heavy atom. The molecule has 0 unspecified atom stereocenters. The number of sulfonamides is 1. The van der Waals surface area contributed by atoms with Crippen molar-refractivity contribution in [2.45, 2.75) is 13.0 Å². The van der Waals surface area contributed by atoms with Crippen molar-refractivity contribution in [3.05, 3.63) is 95.0 Å². The van der Waals surface area contributed by atoms with Gasteiger partial charge in [0, 0.05) is 5.02 Å². The quantitative estimate of drug-likeness (QED) is 0.284. The van der Waals surface area contributed by atoms with Crippen molar-refractivity contribution in [2.75, 3.05) is 23.7 Å². The van der Waals surface area contributed by atoms with Gasteiger partial charge in [0.25, 0.3) is 11.8 Å². The lowest BCUT2D eigenvalue weighted by atomic mass is 10.1. The van der Waals surface area contributed by atoms with Crippen LogP contribution in [0, 0.1) is 0 Å². The summed E-state index contributed by atoms with van der Waals surface area (Å²) in [5.41, 5.74) is 4.29. The Kier molecular flexibility index (Phi) is 9.64. The monoisotopic (exact) mass is 542 g/mol. The molecule has 194 valence electrons. The van der Waals surface area contributed by atoms with Crippen molar-refractivity contribution in [1.29, 1.82) is 0 Å². The van der Waals surface area contributed by atoms with Crippen LogP contribution < -0.4 is 19.8 Å². The number of halogens is 1. The molecule has 3 aromatic rings. The molecule has 1 atom stereocenters. The summed E-state index contributed by atoms with van der Waals surface area (Å²) < 4.78 is 30.7. The highest BCUT2D eigenvalue weighted by Crippen LogP contribution is 2.20. The summed E-state index contributed by atoms with van der Waals surface area (Å²) in [6.07, 6.45) is 2.41. The number of ether oxygens (including phenoxy) is 1. The van der Waals surface area contributed by atoms with Gasteiger partial charge in [0.2, 0.25) is 10.0 Å². The zero-order chi connectivity index (χ0) is 26.8. The van der Waals surface area contributed by atoms with E-state index in [-0.39, 0.29) is 18.6 Å². The van der Waals surface area contributed by atoms with E-state index in [0.29, 0.717) is 22.0 Å². The number of rotatable bonds is 11. The highest BCUT2D eigenvalue weighted by Gasteiger charge is 2.20. The Morgan fingerprint density at radius 2 is 1.65 bits per heavy atom. The predicted molar refractivity (Wildman–Crippen MR) is 144 cm³/mol. The van der Waals surface area contributed by atoms with Crippen molar-refractivity contribution < 1.29 is 22.7 Å². The lowest BCUT2D eigenvalue weighted by Crippen LogP contribution is -2.38. The van der Waals surface area contributed by atoms with Gasteiger partial charge in [0.15, 0.2) is 6.61 Å². The molecule has 2 N–H and O–H groups in total. The van der Waals surface area contributed by atoms with E-state index < -0.39 is 22.5 Å². The second kappa shape index (κ2) is 12.9. The van der Waals surface area contributed by atoms with Crippen molar-refractivity contribution in [1.82, 2.24) is 10.7 Å². The Morgan fingerprint density at radius 3 is 2.27 bits per heavy atom. The number of amides is 2. The predicted octanol–water partition coefficient (Wildman–Crippen LogP) is 3.51. The van der Waals surface area contributed by atoms with Gasteiger partial charge in [-0.05, 0) is 66.6 Å². The number of nitrogens with one attached hydrogen (secondary N) is 2. The van der Waals surface area contributed by atoms with Gasteiger partial charge in [-0.2, -0.15) is 5.10 Å². The van der Waals surface area contributed by atoms with Crippen molar-refractivity contribution in [2.24, 2.45) is 5.10 Å². The molecule has 0 fully saturated rings. The van der Waals surface area contributed by atoms with Crippen LogP contribution in [0.1, 0.15) is 24.1 Å². The van der Waals surface area contributed by atoms with Crippen LogP contribution in [0.2, 0.25) is 5.02 Å². The van der Waals surface area contributed by atoms with Crippen LogP contribution >= 0.6 is 11.6 Å². The van der Waals surface area contributed by atoms with Gasteiger partial charge < -0.3 is 10.1 Å². The number of anilines is 1. The third kappa shape index (κ3) is 8.93. The molecule has 0 aliphatic carbocycles. The second-order valence-corrected chi connectivity index (χ2v) is 10.4. The van der Waals surface area contributed by atoms with Crippen LogP contribution in [0.15, 0.2) is 84.0 Å². The molecule has 0 aromatic heterocycles. The molecule has 0 saturated heterocycles. The van der Waals surface area contributed by atoms with Gasteiger partial charge in [-0.3, -0.25) is 13.9 Å². The highest BCUT2D eigenvalue weighted by molar-refractivity contribution is 7.92. The van der Waals surface area contributed by atoms with Crippen LogP contribution in [0.5, 0.6) is 5.75 Å². The Hall–Kier alpha value is -3.89. The molecule has 0 bridgehead atoms. The first-order valence-corrected chi connectivity index (χ1v) is 13.5. The summed E-state index contributed by atoms with van der Waals surface area (Å²) in [5.74, 6) is -0.366. The first-order valence-electron chi connectivity index (χ1n) is 11.2. The third-order valence-corrected chi connectivity index (χ3v) is 6.52. The van der Waals surface area contributed by atoms with Gasteiger partial charge in [-0.1, -0.05) is 41.9 Å². The van der Waals surface area contributed by atoms with E-state index in [9.17, 15) is 18.0 Å². The SMILES string of the molecule is C[C@H](NC(=O)COc1ccc(/C=N\NC(=O)CN(c2ccc(Cl)cc2)S(C)(=O)=O)cc1)c1ccccc1.